The molecule has 19 heavy (non-hydrogen) atoms. The van der Waals surface area contributed by atoms with E-state index >= 15 is 0 Å². The molecule has 5 nitrogen and oxygen atoms in total. The van der Waals surface area contributed by atoms with Crippen molar-refractivity contribution in [1.82, 2.24) is 5.32 Å². The van der Waals surface area contributed by atoms with Crippen LogP contribution >= 0.6 is 0 Å². The van der Waals surface area contributed by atoms with Crippen molar-refractivity contribution in [2.24, 2.45) is 0 Å². The zero-order valence-corrected chi connectivity index (χ0v) is 12.0. The molecule has 0 heterocycles. The van der Waals surface area contributed by atoms with Crippen LogP contribution in [0.25, 0.3) is 0 Å². The molecule has 1 aromatic rings. The maximum atomic E-state index is 10.1. The summed E-state index contributed by atoms with van der Waals surface area (Å²) in [6, 6.07) is 5.46. The monoisotopic (exact) mass is 269 g/mol. The number of hydrogen-bond donors (Lipinski definition) is 2. The highest BCUT2D eigenvalue weighted by Gasteiger charge is 2.16. The van der Waals surface area contributed by atoms with Gasteiger partial charge in [0.2, 0.25) is 0 Å². The molecule has 0 aliphatic rings. The second-order valence-electron chi connectivity index (χ2n) is 4.21. The van der Waals surface area contributed by atoms with E-state index in [4.69, 9.17) is 14.2 Å². The number of ether oxygens (including phenoxy) is 3. The zero-order valence-electron chi connectivity index (χ0n) is 12.0. The van der Waals surface area contributed by atoms with Gasteiger partial charge in [0.1, 0.15) is 0 Å². The van der Waals surface area contributed by atoms with Crippen LogP contribution in [-0.2, 0) is 16.0 Å². The predicted octanol–water partition coefficient (Wildman–Crippen LogP) is 1.89. The Morgan fingerprint density at radius 1 is 1.26 bits per heavy atom. The highest BCUT2D eigenvalue weighted by Crippen LogP contribution is 2.29. The van der Waals surface area contributed by atoms with Gasteiger partial charge >= 0.3 is 0 Å². The van der Waals surface area contributed by atoms with E-state index in [9.17, 15) is 5.11 Å². The molecule has 0 aromatic heterocycles. The molecule has 0 spiro atoms. The third-order valence-electron chi connectivity index (χ3n) is 2.87. The fourth-order valence-electron chi connectivity index (χ4n) is 1.85. The Morgan fingerprint density at radius 3 is 2.53 bits per heavy atom. The minimum absolute atomic E-state index is 0.00477. The molecule has 5 heteroatoms. The van der Waals surface area contributed by atoms with Gasteiger partial charge in [0.25, 0.3) is 0 Å². The van der Waals surface area contributed by atoms with Gasteiger partial charge in [0.05, 0.1) is 12.6 Å². The summed E-state index contributed by atoms with van der Waals surface area (Å²) >= 11 is 0. The van der Waals surface area contributed by atoms with Gasteiger partial charge < -0.3 is 24.6 Å². The van der Waals surface area contributed by atoms with E-state index in [-0.39, 0.29) is 18.1 Å². The SMILES string of the molecule is CCOc1cccc(CNC(C)C(OC)OC)c1O. The minimum Gasteiger partial charge on any atom is -0.504 e. The van der Waals surface area contributed by atoms with Gasteiger partial charge in [-0.1, -0.05) is 12.1 Å². The Balaban J connectivity index is 2.65. The highest BCUT2D eigenvalue weighted by atomic mass is 16.7. The first-order chi connectivity index (χ1) is 9.13. The Kier molecular flexibility index (Phi) is 6.62. The molecule has 1 atom stereocenters. The lowest BCUT2D eigenvalue weighted by molar-refractivity contribution is -0.119. The van der Waals surface area contributed by atoms with Crippen LogP contribution in [0.5, 0.6) is 11.5 Å². The van der Waals surface area contributed by atoms with Gasteiger partial charge in [-0.3, -0.25) is 0 Å². The van der Waals surface area contributed by atoms with E-state index in [2.05, 4.69) is 5.32 Å². The number of hydrogen-bond acceptors (Lipinski definition) is 5. The molecule has 1 unspecified atom stereocenters. The number of rotatable bonds is 8. The van der Waals surface area contributed by atoms with Gasteiger partial charge in [-0.05, 0) is 19.9 Å². The van der Waals surface area contributed by atoms with Crippen LogP contribution in [0.2, 0.25) is 0 Å². The Hall–Kier alpha value is -1.30. The summed E-state index contributed by atoms with van der Waals surface area (Å²) in [6.45, 7) is 4.88. The largest absolute Gasteiger partial charge is 0.504 e. The average Bonchev–Trinajstić information content (AvgIpc) is 2.41. The van der Waals surface area contributed by atoms with Gasteiger partial charge in [-0.2, -0.15) is 0 Å². The first-order valence-corrected chi connectivity index (χ1v) is 6.36. The van der Waals surface area contributed by atoms with Crippen LogP contribution in [0.3, 0.4) is 0 Å². The number of benzene rings is 1. The maximum absolute atomic E-state index is 10.1. The number of methoxy groups -OCH3 is 2. The molecule has 0 radical (unpaired) electrons. The van der Waals surface area contributed by atoms with Crippen LogP contribution in [0.4, 0.5) is 0 Å². The molecular formula is C14H23NO4. The molecule has 1 rings (SSSR count). The van der Waals surface area contributed by atoms with Crippen LogP contribution in [0.15, 0.2) is 18.2 Å². The second kappa shape index (κ2) is 7.99. The number of aromatic hydroxyl groups is 1. The van der Waals surface area contributed by atoms with E-state index in [1.54, 1.807) is 20.3 Å². The molecule has 0 bridgehead atoms. The number of phenolic OH excluding ortho intramolecular Hbond substituents is 1. The third kappa shape index (κ3) is 4.38. The highest BCUT2D eigenvalue weighted by molar-refractivity contribution is 5.45. The van der Waals surface area contributed by atoms with Crippen molar-refractivity contribution in [2.45, 2.75) is 32.7 Å². The summed E-state index contributed by atoms with van der Waals surface area (Å²) in [7, 11) is 3.19. The van der Waals surface area contributed by atoms with Gasteiger partial charge in [0, 0.05) is 26.3 Å². The Bertz CT molecular complexity index is 380. The van der Waals surface area contributed by atoms with Crippen molar-refractivity contribution < 1.29 is 19.3 Å². The summed E-state index contributed by atoms with van der Waals surface area (Å²) < 4.78 is 15.7. The summed E-state index contributed by atoms with van der Waals surface area (Å²) in [5, 5.41) is 13.3. The molecule has 0 fully saturated rings. The lowest BCUT2D eigenvalue weighted by atomic mass is 10.1. The fourth-order valence-corrected chi connectivity index (χ4v) is 1.85. The molecule has 1 aromatic carbocycles. The van der Waals surface area contributed by atoms with E-state index < -0.39 is 0 Å². The summed E-state index contributed by atoms with van der Waals surface area (Å²) in [4.78, 5) is 0. The van der Waals surface area contributed by atoms with Crippen LogP contribution in [0, 0.1) is 0 Å². The average molecular weight is 269 g/mol. The van der Waals surface area contributed by atoms with Gasteiger partial charge in [-0.15, -0.1) is 0 Å². The van der Waals surface area contributed by atoms with E-state index in [0.717, 1.165) is 5.56 Å². The van der Waals surface area contributed by atoms with Crippen LogP contribution in [0.1, 0.15) is 19.4 Å². The lowest BCUT2D eigenvalue weighted by Crippen LogP contribution is -2.39. The normalized spacial score (nSPS) is 12.7. The quantitative estimate of drug-likeness (QED) is 0.706. The van der Waals surface area contributed by atoms with Gasteiger partial charge in [0.15, 0.2) is 17.8 Å². The Labute approximate surface area is 114 Å². The smallest absolute Gasteiger partial charge is 0.171 e. The third-order valence-corrected chi connectivity index (χ3v) is 2.87. The molecule has 0 amide bonds. The minimum atomic E-state index is -0.322. The molecule has 0 aliphatic carbocycles. The topological polar surface area (TPSA) is 60.0 Å². The number of para-hydroxylation sites is 1. The molecule has 0 saturated carbocycles. The standard InChI is InChI=1S/C14H23NO4/c1-5-19-12-8-6-7-11(13(12)16)9-15-10(2)14(17-3)18-4/h6-8,10,14-16H,5,9H2,1-4H3. The molecule has 0 aliphatic heterocycles. The van der Waals surface area contributed by atoms with E-state index in [1.807, 2.05) is 26.0 Å². The first kappa shape index (κ1) is 15.8. The number of nitrogens with one attached hydrogen (secondary N) is 1. The number of phenols is 1. The van der Waals surface area contributed by atoms with Crippen LogP contribution in [-0.4, -0.2) is 38.3 Å². The fraction of sp³-hybridized carbons (Fsp3) is 0.571. The van der Waals surface area contributed by atoms with Crippen molar-refractivity contribution in [1.29, 1.82) is 0 Å². The summed E-state index contributed by atoms with van der Waals surface area (Å²) in [6.07, 6.45) is -0.322. The summed E-state index contributed by atoms with van der Waals surface area (Å²) in [5.74, 6) is 0.680. The molecule has 2 N–H and O–H groups in total. The van der Waals surface area contributed by atoms with E-state index in [1.165, 1.54) is 0 Å². The first-order valence-electron chi connectivity index (χ1n) is 6.36. The zero-order chi connectivity index (χ0) is 14.3. The van der Waals surface area contributed by atoms with Crippen molar-refractivity contribution in [3.8, 4) is 11.5 Å². The Morgan fingerprint density at radius 2 is 1.95 bits per heavy atom. The van der Waals surface area contributed by atoms with Crippen molar-refractivity contribution >= 4 is 0 Å². The maximum Gasteiger partial charge on any atom is 0.171 e. The predicted molar refractivity (Wildman–Crippen MR) is 73.4 cm³/mol. The van der Waals surface area contributed by atoms with Crippen molar-refractivity contribution in [3.63, 3.8) is 0 Å². The van der Waals surface area contributed by atoms with Crippen LogP contribution < -0.4 is 10.1 Å². The van der Waals surface area contributed by atoms with Crippen molar-refractivity contribution in [3.05, 3.63) is 23.8 Å². The second-order valence-corrected chi connectivity index (χ2v) is 4.21. The molecular weight excluding hydrogens is 246 g/mol. The van der Waals surface area contributed by atoms with Crippen molar-refractivity contribution in [2.75, 3.05) is 20.8 Å². The molecule has 108 valence electrons. The lowest BCUT2D eigenvalue weighted by Gasteiger charge is -2.22. The van der Waals surface area contributed by atoms with Gasteiger partial charge in [-0.25, -0.2) is 0 Å². The molecule has 0 saturated heterocycles. The van der Waals surface area contributed by atoms with E-state index in [0.29, 0.717) is 18.9 Å². The summed E-state index contributed by atoms with van der Waals surface area (Å²) in [5.41, 5.74) is 0.781.